The summed E-state index contributed by atoms with van der Waals surface area (Å²) in [5, 5.41) is 3.72. The molecule has 1 saturated heterocycles. The lowest BCUT2D eigenvalue weighted by atomic mass is 9.88. The maximum atomic E-state index is 3.72. The highest BCUT2D eigenvalue weighted by atomic mass is 15.3. The molecular formula is C15H32N2. The molecule has 2 heteroatoms. The standard InChI is InChI=1S/C15H32N2/c1-7-15(6)12-17(10-8-9-13(2)3)14(4,5)11-16-15/h13,16H,7-12H2,1-6H3. The number of hydrogen-bond acceptors (Lipinski definition) is 2. The van der Waals surface area contributed by atoms with Crippen LogP contribution in [0.25, 0.3) is 0 Å². The smallest absolute Gasteiger partial charge is 0.0278 e. The van der Waals surface area contributed by atoms with Crippen LogP contribution < -0.4 is 5.32 Å². The van der Waals surface area contributed by atoms with Gasteiger partial charge in [0.1, 0.15) is 0 Å². The Morgan fingerprint density at radius 3 is 2.41 bits per heavy atom. The Hall–Kier alpha value is -0.0800. The van der Waals surface area contributed by atoms with E-state index in [1.54, 1.807) is 0 Å². The third kappa shape index (κ3) is 4.26. The second kappa shape index (κ2) is 5.71. The molecule has 1 heterocycles. The molecule has 0 radical (unpaired) electrons. The highest BCUT2D eigenvalue weighted by Gasteiger charge is 2.38. The van der Waals surface area contributed by atoms with Crippen LogP contribution in [0.2, 0.25) is 0 Å². The van der Waals surface area contributed by atoms with Crippen molar-refractivity contribution in [2.24, 2.45) is 5.92 Å². The minimum absolute atomic E-state index is 0.311. The van der Waals surface area contributed by atoms with Crippen LogP contribution in [0, 0.1) is 5.92 Å². The molecule has 1 aliphatic heterocycles. The van der Waals surface area contributed by atoms with Crippen molar-refractivity contribution in [3.63, 3.8) is 0 Å². The maximum absolute atomic E-state index is 3.72. The zero-order valence-electron chi connectivity index (χ0n) is 12.8. The molecule has 1 fully saturated rings. The van der Waals surface area contributed by atoms with E-state index in [2.05, 4.69) is 51.8 Å². The molecule has 2 nitrogen and oxygen atoms in total. The summed E-state index contributed by atoms with van der Waals surface area (Å²) < 4.78 is 0. The predicted molar refractivity (Wildman–Crippen MR) is 76.4 cm³/mol. The maximum Gasteiger partial charge on any atom is 0.0278 e. The summed E-state index contributed by atoms with van der Waals surface area (Å²) in [5.74, 6) is 0.832. The monoisotopic (exact) mass is 240 g/mol. The van der Waals surface area contributed by atoms with Gasteiger partial charge in [0.05, 0.1) is 0 Å². The van der Waals surface area contributed by atoms with Crippen molar-refractivity contribution in [3.8, 4) is 0 Å². The first-order valence-electron chi connectivity index (χ1n) is 7.29. The lowest BCUT2D eigenvalue weighted by Gasteiger charge is -2.51. The number of nitrogens with one attached hydrogen (secondary N) is 1. The van der Waals surface area contributed by atoms with Crippen molar-refractivity contribution in [3.05, 3.63) is 0 Å². The van der Waals surface area contributed by atoms with Gasteiger partial charge in [0.15, 0.2) is 0 Å². The number of hydrogen-bond donors (Lipinski definition) is 1. The third-order valence-electron chi connectivity index (χ3n) is 4.33. The van der Waals surface area contributed by atoms with Crippen LogP contribution in [0.15, 0.2) is 0 Å². The van der Waals surface area contributed by atoms with Gasteiger partial charge in [0.2, 0.25) is 0 Å². The van der Waals surface area contributed by atoms with Crippen LogP contribution in [0.4, 0.5) is 0 Å². The summed E-state index contributed by atoms with van der Waals surface area (Å²) in [4.78, 5) is 2.69. The summed E-state index contributed by atoms with van der Waals surface area (Å²) >= 11 is 0. The zero-order chi connectivity index (χ0) is 13.1. The molecule has 0 aliphatic carbocycles. The Morgan fingerprint density at radius 2 is 1.88 bits per heavy atom. The number of nitrogens with zero attached hydrogens (tertiary/aromatic N) is 1. The topological polar surface area (TPSA) is 15.3 Å². The van der Waals surface area contributed by atoms with Gasteiger partial charge in [-0.15, -0.1) is 0 Å². The molecule has 1 atom stereocenters. The SMILES string of the molecule is CCC1(C)CN(CCCC(C)C)C(C)(C)CN1. The Bertz CT molecular complexity index is 235. The molecule has 0 aromatic carbocycles. The Kier molecular flexibility index (Phi) is 5.03. The Labute approximate surface area is 108 Å². The second-order valence-electron chi connectivity index (χ2n) is 7.04. The van der Waals surface area contributed by atoms with Gasteiger partial charge in [0.25, 0.3) is 0 Å². The quantitative estimate of drug-likeness (QED) is 0.793. The summed E-state index contributed by atoms with van der Waals surface area (Å²) in [6, 6.07) is 0. The van der Waals surface area contributed by atoms with Crippen LogP contribution in [0.3, 0.4) is 0 Å². The van der Waals surface area contributed by atoms with Crippen LogP contribution in [-0.4, -0.2) is 35.6 Å². The molecule has 17 heavy (non-hydrogen) atoms. The molecule has 1 unspecified atom stereocenters. The van der Waals surface area contributed by atoms with Crippen molar-refractivity contribution >= 4 is 0 Å². The largest absolute Gasteiger partial charge is 0.308 e. The first kappa shape index (κ1) is 15.0. The first-order valence-corrected chi connectivity index (χ1v) is 7.29. The van der Waals surface area contributed by atoms with Crippen molar-refractivity contribution in [2.75, 3.05) is 19.6 Å². The molecule has 0 aromatic rings. The number of rotatable bonds is 5. The van der Waals surface area contributed by atoms with Crippen LogP contribution >= 0.6 is 0 Å². The summed E-state index contributed by atoms with van der Waals surface area (Å²) in [6.07, 6.45) is 3.90. The molecule has 1 N–H and O–H groups in total. The average molecular weight is 240 g/mol. The lowest BCUT2D eigenvalue weighted by Crippen LogP contribution is -2.67. The van der Waals surface area contributed by atoms with Gasteiger partial charge in [-0.2, -0.15) is 0 Å². The highest BCUT2D eigenvalue weighted by molar-refractivity contribution is 4.98. The fraction of sp³-hybridized carbons (Fsp3) is 1.00. The van der Waals surface area contributed by atoms with Crippen molar-refractivity contribution in [2.45, 2.75) is 71.9 Å². The van der Waals surface area contributed by atoms with Crippen LogP contribution in [0.1, 0.15) is 60.8 Å². The predicted octanol–water partition coefficient (Wildman–Crippen LogP) is 3.28. The van der Waals surface area contributed by atoms with Gasteiger partial charge in [-0.1, -0.05) is 20.8 Å². The van der Waals surface area contributed by atoms with Crippen LogP contribution in [0.5, 0.6) is 0 Å². The molecule has 0 saturated carbocycles. The van der Waals surface area contributed by atoms with Gasteiger partial charge in [-0.05, 0) is 52.5 Å². The van der Waals surface area contributed by atoms with Gasteiger partial charge in [0, 0.05) is 24.2 Å². The Morgan fingerprint density at radius 1 is 1.24 bits per heavy atom. The van der Waals surface area contributed by atoms with E-state index < -0.39 is 0 Å². The summed E-state index contributed by atoms with van der Waals surface area (Å²) in [6.45, 7) is 17.6. The van der Waals surface area contributed by atoms with Gasteiger partial charge in [-0.25, -0.2) is 0 Å². The normalized spacial score (nSPS) is 29.8. The highest BCUT2D eigenvalue weighted by Crippen LogP contribution is 2.26. The van der Waals surface area contributed by atoms with Crippen molar-refractivity contribution in [1.29, 1.82) is 0 Å². The second-order valence-corrected chi connectivity index (χ2v) is 7.04. The van der Waals surface area contributed by atoms with E-state index in [4.69, 9.17) is 0 Å². The number of piperazine rings is 1. The molecule has 0 bridgehead atoms. The first-order chi connectivity index (χ1) is 7.79. The van der Waals surface area contributed by atoms with Gasteiger partial charge < -0.3 is 5.32 Å². The zero-order valence-corrected chi connectivity index (χ0v) is 12.8. The van der Waals surface area contributed by atoms with Gasteiger partial charge in [-0.3, -0.25) is 4.90 Å². The molecule has 102 valence electrons. The third-order valence-corrected chi connectivity index (χ3v) is 4.33. The average Bonchev–Trinajstić information content (AvgIpc) is 2.24. The van der Waals surface area contributed by atoms with Gasteiger partial charge >= 0.3 is 0 Å². The lowest BCUT2D eigenvalue weighted by molar-refractivity contribution is 0.0294. The summed E-state index contributed by atoms with van der Waals surface area (Å²) in [5.41, 5.74) is 0.624. The van der Waals surface area contributed by atoms with Crippen molar-refractivity contribution < 1.29 is 0 Å². The van der Waals surface area contributed by atoms with E-state index in [9.17, 15) is 0 Å². The molecule has 1 aliphatic rings. The molecule has 0 amide bonds. The van der Waals surface area contributed by atoms with E-state index in [0.717, 1.165) is 12.5 Å². The minimum Gasteiger partial charge on any atom is -0.308 e. The fourth-order valence-corrected chi connectivity index (χ4v) is 2.54. The van der Waals surface area contributed by atoms with Crippen LogP contribution in [-0.2, 0) is 0 Å². The van der Waals surface area contributed by atoms with E-state index in [0.29, 0.717) is 11.1 Å². The molecular weight excluding hydrogens is 208 g/mol. The summed E-state index contributed by atoms with van der Waals surface area (Å²) in [7, 11) is 0. The van der Waals surface area contributed by atoms with E-state index >= 15 is 0 Å². The molecule has 0 aromatic heterocycles. The molecule has 1 rings (SSSR count). The fourth-order valence-electron chi connectivity index (χ4n) is 2.54. The van der Waals surface area contributed by atoms with E-state index in [-0.39, 0.29) is 0 Å². The molecule has 0 spiro atoms. The van der Waals surface area contributed by atoms with E-state index in [1.807, 2.05) is 0 Å². The minimum atomic E-state index is 0.311. The Balaban J connectivity index is 2.52. The van der Waals surface area contributed by atoms with E-state index in [1.165, 1.54) is 32.4 Å². The van der Waals surface area contributed by atoms with Crippen molar-refractivity contribution in [1.82, 2.24) is 10.2 Å².